The number of aromatic nitrogens is 1. The van der Waals surface area contributed by atoms with E-state index in [-0.39, 0.29) is 6.03 Å². The second-order valence-electron chi connectivity index (χ2n) is 5.43. The fraction of sp³-hybridized carbons (Fsp3) is 0.625. The number of anilines is 1. The minimum Gasteiger partial charge on any atom is -0.480 e. The van der Waals surface area contributed by atoms with Gasteiger partial charge in [-0.3, -0.25) is 0 Å². The van der Waals surface area contributed by atoms with Crippen LogP contribution in [-0.4, -0.2) is 37.4 Å². The molecule has 2 amide bonds. The zero-order valence-electron chi connectivity index (χ0n) is 13.1. The summed E-state index contributed by atoms with van der Waals surface area (Å²) in [6, 6.07) is 3.23. The molecule has 2 N–H and O–H groups in total. The maximum atomic E-state index is 11.8. The van der Waals surface area contributed by atoms with Crippen molar-refractivity contribution in [3.05, 3.63) is 18.3 Å². The molecule has 122 valence electrons. The van der Waals surface area contributed by atoms with Gasteiger partial charge in [-0.1, -0.05) is 19.3 Å². The zero-order valence-corrected chi connectivity index (χ0v) is 13.1. The highest BCUT2D eigenvalue weighted by molar-refractivity contribution is 5.90. The van der Waals surface area contributed by atoms with Gasteiger partial charge in [0.25, 0.3) is 0 Å². The molecule has 0 bridgehead atoms. The number of hydrogen-bond donors (Lipinski definition) is 2. The Kier molecular flexibility index (Phi) is 6.96. The second-order valence-corrected chi connectivity index (χ2v) is 5.43. The van der Waals surface area contributed by atoms with Crippen LogP contribution in [0.5, 0.6) is 5.88 Å². The third-order valence-electron chi connectivity index (χ3n) is 3.73. The minimum absolute atomic E-state index is 0.260. The largest absolute Gasteiger partial charge is 0.480 e. The maximum absolute atomic E-state index is 11.8. The molecule has 0 aromatic carbocycles. The van der Waals surface area contributed by atoms with Crippen molar-refractivity contribution in [2.75, 3.05) is 25.6 Å². The van der Waals surface area contributed by atoms with Gasteiger partial charge < -0.3 is 20.1 Å². The summed E-state index contributed by atoms with van der Waals surface area (Å²) >= 11 is 0. The SMILES string of the molecule is COc1ncccc1NC(=O)NCCCOC1CCCCC1. The van der Waals surface area contributed by atoms with E-state index in [0.717, 1.165) is 6.42 Å². The Morgan fingerprint density at radius 2 is 2.18 bits per heavy atom. The lowest BCUT2D eigenvalue weighted by atomic mass is 9.98. The first-order chi connectivity index (χ1) is 10.8. The maximum Gasteiger partial charge on any atom is 0.319 e. The molecule has 1 heterocycles. The van der Waals surface area contributed by atoms with Crippen molar-refractivity contribution in [3.63, 3.8) is 0 Å². The van der Waals surface area contributed by atoms with Crippen LogP contribution in [0.4, 0.5) is 10.5 Å². The number of carbonyl (C=O) groups is 1. The van der Waals surface area contributed by atoms with Crippen molar-refractivity contribution in [1.82, 2.24) is 10.3 Å². The lowest BCUT2D eigenvalue weighted by molar-refractivity contribution is 0.0276. The van der Waals surface area contributed by atoms with Crippen molar-refractivity contribution in [2.24, 2.45) is 0 Å². The number of methoxy groups -OCH3 is 1. The normalized spacial score (nSPS) is 15.3. The number of ether oxygens (including phenoxy) is 2. The molecule has 0 spiro atoms. The number of nitrogens with one attached hydrogen (secondary N) is 2. The Bertz CT molecular complexity index is 462. The van der Waals surface area contributed by atoms with Crippen LogP contribution < -0.4 is 15.4 Å². The molecule has 2 rings (SSSR count). The van der Waals surface area contributed by atoms with Gasteiger partial charge in [-0.25, -0.2) is 9.78 Å². The average molecular weight is 307 g/mol. The number of carbonyl (C=O) groups excluding carboxylic acids is 1. The van der Waals surface area contributed by atoms with Gasteiger partial charge in [-0.2, -0.15) is 0 Å². The molecule has 0 unspecified atom stereocenters. The Morgan fingerprint density at radius 1 is 1.36 bits per heavy atom. The summed E-state index contributed by atoms with van der Waals surface area (Å²) in [6.45, 7) is 1.28. The van der Waals surface area contributed by atoms with Crippen LogP contribution in [0.2, 0.25) is 0 Å². The summed E-state index contributed by atoms with van der Waals surface area (Å²) in [5, 5.41) is 5.53. The fourth-order valence-corrected chi connectivity index (χ4v) is 2.57. The number of amides is 2. The number of nitrogens with zero attached hydrogens (tertiary/aromatic N) is 1. The van der Waals surface area contributed by atoms with E-state index in [1.54, 1.807) is 18.3 Å². The van der Waals surface area contributed by atoms with Crippen LogP contribution in [-0.2, 0) is 4.74 Å². The summed E-state index contributed by atoms with van der Waals surface area (Å²) in [7, 11) is 1.52. The minimum atomic E-state index is -0.260. The van der Waals surface area contributed by atoms with Gasteiger partial charge in [-0.15, -0.1) is 0 Å². The van der Waals surface area contributed by atoms with Crippen molar-refractivity contribution in [3.8, 4) is 5.88 Å². The first-order valence-electron chi connectivity index (χ1n) is 7.95. The number of urea groups is 1. The Hall–Kier alpha value is -1.82. The molecule has 1 aliphatic rings. The Balaban J connectivity index is 1.59. The standard InChI is InChI=1S/C16H25N3O3/c1-21-15-14(9-5-10-17-15)19-16(20)18-11-6-12-22-13-7-3-2-4-8-13/h5,9-10,13H,2-4,6-8,11-12H2,1H3,(H2,18,19,20). The van der Waals surface area contributed by atoms with Crippen molar-refractivity contribution in [2.45, 2.75) is 44.6 Å². The van der Waals surface area contributed by atoms with E-state index in [4.69, 9.17) is 9.47 Å². The molecule has 0 aliphatic heterocycles. The second kappa shape index (κ2) is 9.25. The van der Waals surface area contributed by atoms with E-state index in [0.29, 0.717) is 30.8 Å². The fourth-order valence-electron chi connectivity index (χ4n) is 2.57. The molecule has 0 radical (unpaired) electrons. The Labute approximate surface area is 131 Å². The Morgan fingerprint density at radius 3 is 2.95 bits per heavy atom. The average Bonchev–Trinajstić information content (AvgIpc) is 2.56. The van der Waals surface area contributed by atoms with Crippen LogP contribution >= 0.6 is 0 Å². The van der Waals surface area contributed by atoms with Crippen LogP contribution in [0.15, 0.2) is 18.3 Å². The third kappa shape index (κ3) is 5.52. The van der Waals surface area contributed by atoms with Gasteiger partial charge in [0.15, 0.2) is 0 Å². The molecule has 6 nitrogen and oxygen atoms in total. The van der Waals surface area contributed by atoms with E-state index >= 15 is 0 Å². The topological polar surface area (TPSA) is 72.5 Å². The molecule has 22 heavy (non-hydrogen) atoms. The highest BCUT2D eigenvalue weighted by Gasteiger charge is 2.13. The van der Waals surface area contributed by atoms with Crippen LogP contribution in [0, 0.1) is 0 Å². The van der Waals surface area contributed by atoms with E-state index in [1.807, 2.05) is 0 Å². The monoisotopic (exact) mass is 307 g/mol. The number of pyridine rings is 1. The summed E-state index contributed by atoms with van der Waals surface area (Å²) < 4.78 is 10.9. The smallest absolute Gasteiger partial charge is 0.319 e. The predicted octanol–water partition coefficient (Wildman–Crippen LogP) is 2.95. The molecule has 6 heteroatoms. The molecular formula is C16H25N3O3. The summed E-state index contributed by atoms with van der Waals surface area (Å²) in [5.74, 6) is 0.401. The molecular weight excluding hydrogens is 282 g/mol. The lowest BCUT2D eigenvalue weighted by Crippen LogP contribution is -2.30. The highest BCUT2D eigenvalue weighted by atomic mass is 16.5. The van der Waals surface area contributed by atoms with Crippen LogP contribution in [0.1, 0.15) is 38.5 Å². The van der Waals surface area contributed by atoms with Crippen LogP contribution in [0.3, 0.4) is 0 Å². The van der Waals surface area contributed by atoms with Gasteiger partial charge in [0, 0.05) is 19.3 Å². The van der Waals surface area contributed by atoms with E-state index in [9.17, 15) is 4.79 Å². The molecule has 0 saturated heterocycles. The summed E-state index contributed by atoms with van der Waals surface area (Å²) in [4.78, 5) is 15.8. The summed E-state index contributed by atoms with van der Waals surface area (Å²) in [6.07, 6.45) is 9.08. The predicted molar refractivity (Wildman–Crippen MR) is 85.3 cm³/mol. The quantitative estimate of drug-likeness (QED) is 0.760. The van der Waals surface area contributed by atoms with Gasteiger partial charge in [0.2, 0.25) is 5.88 Å². The van der Waals surface area contributed by atoms with Crippen LogP contribution in [0.25, 0.3) is 0 Å². The van der Waals surface area contributed by atoms with Gasteiger partial charge in [-0.05, 0) is 31.4 Å². The van der Waals surface area contributed by atoms with E-state index < -0.39 is 0 Å². The number of hydrogen-bond acceptors (Lipinski definition) is 4. The lowest BCUT2D eigenvalue weighted by Gasteiger charge is -2.21. The van der Waals surface area contributed by atoms with E-state index in [2.05, 4.69) is 15.6 Å². The van der Waals surface area contributed by atoms with Crippen molar-refractivity contribution < 1.29 is 14.3 Å². The van der Waals surface area contributed by atoms with Crippen molar-refractivity contribution >= 4 is 11.7 Å². The summed E-state index contributed by atoms with van der Waals surface area (Å²) in [5.41, 5.74) is 0.556. The van der Waals surface area contributed by atoms with Gasteiger partial charge >= 0.3 is 6.03 Å². The molecule has 0 atom stereocenters. The number of rotatable bonds is 7. The van der Waals surface area contributed by atoms with Crippen molar-refractivity contribution in [1.29, 1.82) is 0 Å². The third-order valence-corrected chi connectivity index (χ3v) is 3.73. The molecule has 1 aliphatic carbocycles. The first-order valence-corrected chi connectivity index (χ1v) is 7.95. The molecule has 1 aromatic heterocycles. The zero-order chi connectivity index (χ0) is 15.6. The van der Waals surface area contributed by atoms with Gasteiger partial charge in [0.1, 0.15) is 5.69 Å². The first kappa shape index (κ1) is 16.5. The van der Waals surface area contributed by atoms with E-state index in [1.165, 1.54) is 39.2 Å². The highest BCUT2D eigenvalue weighted by Crippen LogP contribution is 2.20. The molecule has 1 saturated carbocycles. The molecule has 1 fully saturated rings. The molecule has 1 aromatic rings. The van der Waals surface area contributed by atoms with Gasteiger partial charge in [0.05, 0.1) is 13.2 Å².